The van der Waals surface area contributed by atoms with Crippen LogP contribution in [0.4, 0.5) is 5.69 Å². The van der Waals surface area contributed by atoms with E-state index in [0.29, 0.717) is 6.10 Å². The molecule has 1 aromatic carbocycles. The highest BCUT2D eigenvalue weighted by molar-refractivity contribution is 9.10. The lowest BCUT2D eigenvalue weighted by atomic mass is 10.1. The van der Waals surface area contributed by atoms with Crippen LogP contribution in [0, 0.1) is 5.41 Å². The van der Waals surface area contributed by atoms with E-state index in [0.717, 1.165) is 36.0 Å². The quantitative estimate of drug-likeness (QED) is 0.665. The SMILES string of the molecule is COC1CCN(c2ccc(C(=N)N)c(Br)c2)CC1. The van der Waals surface area contributed by atoms with Gasteiger partial charge in [0, 0.05) is 35.9 Å². The third-order valence-corrected chi connectivity index (χ3v) is 4.04. The third kappa shape index (κ3) is 2.84. The molecule has 0 aliphatic carbocycles. The van der Waals surface area contributed by atoms with Gasteiger partial charge < -0.3 is 15.4 Å². The summed E-state index contributed by atoms with van der Waals surface area (Å²) in [5.74, 6) is 0.0894. The van der Waals surface area contributed by atoms with Crippen molar-refractivity contribution in [3.8, 4) is 0 Å². The molecule has 1 heterocycles. The van der Waals surface area contributed by atoms with E-state index in [-0.39, 0.29) is 5.84 Å². The lowest BCUT2D eigenvalue weighted by molar-refractivity contribution is 0.0819. The van der Waals surface area contributed by atoms with Crippen LogP contribution in [0.5, 0.6) is 0 Å². The molecule has 1 saturated heterocycles. The molecule has 98 valence electrons. The number of nitrogens with one attached hydrogen (secondary N) is 1. The number of anilines is 1. The van der Waals surface area contributed by atoms with E-state index < -0.39 is 0 Å². The van der Waals surface area contributed by atoms with Crippen LogP contribution in [-0.2, 0) is 4.74 Å². The molecule has 5 heteroatoms. The van der Waals surface area contributed by atoms with Crippen molar-refractivity contribution in [3.63, 3.8) is 0 Å². The van der Waals surface area contributed by atoms with Gasteiger partial charge in [0.15, 0.2) is 0 Å². The molecule has 0 amide bonds. The first-order valence-corrected chi connectivity index (χ1v) is 6.83. The van der Waals surface area contributed by atoms with Crippen LogP contribution >= 0.6 is 15.9 Å². The molecule has 0 saturated carbocycles. The van der Waals surface area contributed by atoms with Gasteiger partial charge in [-0.05, 0) is 47.0 Å². The molecule has 3 N–H and O–H groups in total. The van der Waals surface area contributed by atoms with E-state index in [4.69, 9.17) is 15.9 Å². The molecule has 1 aromatic rings. The number of piperidine rings is 1. The Morgan fingerprint density at radius 3 is 2.61 bits per heavy atom. The molecule has 2 rings (SSSR count). The summed E-state index contributed by atoms with van der Waals surface area (Å²) in [5, 5.41) is 7.46. The summed E-state index contributed by atoms with van der Waals surface area (Å²) in [4.78, 5) is 2.34. The Bertz CT molecular complexity index is 442. The molecule has 0 aromatic heterocycles. The Morgan fingerprint density at radius 2 is 2.11 bits per heavy atom. The van der Waals surface area contributed by atoms with Gasteiger partial charge in [0.05, 0.1) is 6.10 Å². The van der Waals surface area contributed by atoms with Crippen molar-refractivity contribution < 1.29 is 4.74 Å². The number of nitrogens with two attached hydrogens (primary N) is 1. The Balaban J connectivity index is 2.11. The fourth-order valence-corrected chi connectivity index (χ4v) is 2.85. The number of ether oxygens (including phenoxy) is 1. The fraction of sp³-hybridized carbons (Fsp3) is 0.462. The number of methoxy groups -OCH3 is 1. The van der Waals surface area contributed by atoms with E-state index in [1.807, 2.05) is 18.2 Å². The summed E-state index contributed by atoms with van der Waals surface area (Å²) < 4.78 is 6.25. The first-order valence-electron chi connectivity index (χ1n) is 6.03. The molecule has 4 nitrogen and oxygen atoms in total. The lowest BCUT2D eigenvalue weighted by Crippen LogP contribution is -2.36. The largest absolute Gasteiger partial charge is 0.384 e. The molecule has 1 fully saturated rings. The van der Waals surface area contributed by atoms with Crippen LogP contribution in [0.25, 0.3) is 0 Å². The van der Waals surface area contributed by atoms with Gasteiger partial charge >= 0.3 is 0 Å². The van der Waals surface area contributed by atoms with Gasteiger partial charge in [-0.3, -0.25) is 5.41 Å². The zero-order chi connectivity index (χ0) is 13.1. The summed E-state index contributed by atoms with van der Waals surface area (Å²) in [6, 6.07) is 5.95. The molecular formula is C13H18BrN3O. The highest BCUT2D eigenvalue weighted by Crippen LogP contribution is 2.26. The summed E-state index contributed by atoms with van der Waals surface area (Å²) >= 11 is 3.47. The average Bonchev–Trinajstić information content (AvgIpc) is 2.38. The second-order valence-electron chi connectivity index (χ2n) is 4.50. The predicted octanol–water partition coefficient (Wildman–Crippen LogP) is 2.35. The number of nitrogens with zero attached hydrogens (tertiary/aromatic N) is 1. The molecule has 0 unspecified atom stereocenters. The maximum absolute atomic E-state index is 7.46. The van der Waals surface area contributed by atoms with Gasteiger partial charge in [0.2, 0.25) is 0 Å². The highest BCUT2D eigenvalue weighted by atomic mass is 79.9. The Morgan fingerprint density at radius 1 is 1.44 bits per heavy atom. The van der Waals surface area contributed by atoms with Gasteiger partial charge in [-0.2, -0.15) is 0 Å². The van der Waals surface area contributed by atoms with Crippen LogP contribution in [0.1, 0.15) is 18.4 Å². The average molecular weight is 312 g/mol. The number of hydrogen-bond donors (Lipinski definition) is 2. The lowest BCUT2D eigenvalue weighted by Gasteiger charge is -2.33. The Hall–Kier alpha value is -1.07. The van der Waals surface area contributed by atoms with Crippen molar-refractivity contribution in [3.05, 3.63) is 28.2 Å². The van der Waals surface area contributed by atoms with Crippen molar-refractivity contribution in [2.75, 3.05) is 25.1 Å². The number of nitrogen functional groups attached to an aromatic ring is 1. The maximum Gasteiger partial charge on any atom is 0.123 e. The molecule has 0 spiro atoms. The van der Waals surface area contributed by atoms with Crippen molar-refractivity contribution >= 4 is 27.5 Å². The molecule has 0 radical (unpaired) electrons. The topological polar surface area (TPSA) is 62.3 Å². The van der Waals surface area contributed by atoms with E-state index in [1.165, 1.54) is 5.69 Å². The molecule has 1 aliphatic heterocycles. The van der Waals surface area contributed by atoms with Gasteiger partial charge in [-0.25, -0.2) is 0 Å². The molecule has 0 atom stereocenters. The zero-order valence-electron chi connectivity index (χ0n) is 10.4. The number of benzene rings is 1. The second kappa shape index (κ2) is 5.71. The highest BCUT2D eigenvalue weighted by Gasteiger charge is 2.19. The summed E-state index contributed by atoms with van der Waals surface area (Å²) in [6.07, 6.45) is 2.51. The minimum absolute atomic E-state index is 0.0894. The smallest absolute Gasteiger partial charge is 0.123 e. The van der Waals surface area contributed by atoms with Crippen molar-refractivity contribution in [2.24, 2.45) is 5.73 Å². The molecule has 0 bridgehead atoms. The fourth-order valence-electron chi connectivity index (χ4n) is 2.27. The minimum atomic E-state index is 0.0894. The van der Waals surface area contributed by atoms with Crippen molar-refractivity contribution in [2.45, 2.75) is 18.9 Å². The van der Waals surface area contributed by atoms with Crippen LogP contribution in [0.3, 0.4) is 0 Å². The van der Waals surface area contributed by atoms with E-state index in [9.17, 15) is 0 Å². The number of amidine groups is 1. The van der Waals surface area contributed by atoms with Gasteiger partial charge in [-0.1, -0.05) is 0 Å². The second-order valence-corrected chi connectivity index (χ2v) is 5.35. The van der Waals surface area contributed by atoms with Gasteiger partial charge in [0.1, 0.15) is 5.84 Å². The Labute approximate surface area is 116 Å². The number of halogens is 1. The van der Waals surface area contributed by atoms with Gasteiger partial charge in [-0.15, -0.1) is 0 Å². The normalized spacial score (nSPS) is 16.9. The van der Waals surface area contributed by atoms with Gasteiger partial charge in [0.25, 0.3) is 0 Å². The monoisotopic (exact) mass is 311 g/mol. The van der Waals surface area contributed by atoms with Crippen LogP contribution in [0.2, 0.25) is 0 Å². The summed E-state index contributed by atoms with van der Waals surface area (Å²) in [7, 11) is 1.78. The van der Waals surface area contributed by atoms with Crippen LogP contribution in [0.15, 0.2) is 22.7 Å². The maximum atomic E-state index is 7.46. The third-order valence-electron chi connectivity index (χ3n) is 3.38. The summed E-state index contributed by atoms with van der Waals surface area (Å²) in [6.45, 7) is 2.01. The summed E-state index contributed by atoms with van der Waals surface area (Å²) in [5.41, 5.74) is 7.41. The van der Waals surface area contributed by atoms with Crippen molar-refractivity contribution in [1.29, 1.82) is 5.41 Å². The number of rotatable bonds is 3. The minimum Gasteiger partial charge on any atom is -0.384 e. The molecule has 1 aliphatic rings. The zero-order valence-corrected chi connectivity index (χ0v) is 12.0. The predicted molar refractivity (Wildman–Crippen MR) is 77.4 cm³/mol. The Kier molecular flexibility index (Phi) is 4.24. The van der Waals surface area contributed by atoms with E-state index in [1.54, 1.807) is 7.11 Å². The number of hydrogen-bond acceptors (Lipinski definition) is 3. The van der Waals surface area contributed by atoms with Crippen LogP contribution in [-0.4, -0.2) is 32.1 Å². The van der Waals surface area contributed by atoms with Crippen LogP contribution < -0.4 is 10.6 Å². The standard InChI is InChI=1S/C13H18BrN3O/c1-18-10-4-6-17(7-5-10)9-2-3-11(13(15)16)12(14)8-9/h2-3,8,10H,4-7H2,1H3,(H3,15,16). The first-order chi connectivity index (χ1) is 8.61. The molecular weight excluding hydrogens is 294 g/mol. The van der Waals surface area contributed by atoms with E-state index >= 15 is 0 Å². The van der Waals surface area contributed by atoms with Crippen molar-refractivity contribution in [1.82, 2.24) is 0 Å². The molecule has 18 heavy (non-hydrogen) atoms. The van der Waals surface area contributed by atoms with E-state index in [2.05, 4.69) is 20.8 Å². The first kappa shape index (κ1) is 13.4.